The van der Waals surface area contributed by atoms with Crippen LogP contribution in [0.1, 0.15) is 23.3 Å². The van der Waals surface area contributed by atoms with Crippen molar-refractivity contribution in [3.63, 3.8) is 0 Å². The molecule has 106 valence electrons. The summed E-state index contributed by atoms with van der Waals surface area (Å²) in [6.45, 7) is 1.89. The number of hydrogen-bond donors (Lipinski definition) is 1. The Kier molecular flexibility index (Phi) is 3.46. The van der Waals surface area contributed by atoms with Gasteiger partial charge in [0.15, 0.2) is 5.82 Å². The van der Waals surface area contributed by atoms with Gasteiger partial charge in [-0.2, -0.15) is 4.98 Å². The summed E-state index contributed by atoms with van der Waals surface area (Å²) in [6, 6.07) is 11.0. The van der Waals surface area contributed by atoms with E-state index in [9.17, 15) is 4.79 Å². The molecular weight excluding hydrogens is 272 g/mol. The minimum atomic E-state index is -0.490. The number of carbonyl (C=O) groups is 1. The van der Waals surface area contributed by atoms with Crippen molar-refractivity contribution in [1.29, 1.82) is 0 Å². The minimum absolute atomic E-state index is 0.0366. The number of benzene rings is 1. The van der Waals surface area contributed by atoms with E-state index in [2.05, 4.69) is 20.6 Å². The maximum atomic E-state index is 12.0. The van der Waals surface area contributed by atoms with Crippen molar-refractivity contribution in [2.75, 3.05) is 5.32 Å². The Balaban J connectivity index is 1.75. The van der Waals surface area contributed by atoms with E-state index in [0.717, 1.165) is 5.56 Å². The van der Waals surface area contributed by atoms with E-state index < -0.39 is 5.91 Å². The number of rotatable bonds is 4. The van der Waals surface area contributed by atoms with Crippen LogP contribution in [0.15, 0.2) is 45.4 Å². The summed E-state index contributed by atoms with van der Waals surface area (Å²) < 4.78 is 9.92. The molecule has 0 aliphatic rings. The van der Waals surface area contributed by atoms with Crippen molar-refractivity contribution < 1.29 is 13.8 Å². The second-order valence-corrected chi connectivity index (χ2v) is 4.27. The highest BCUT2D eigenvalue weighted by atomic mass is 16.5. The molecule has 21 heavy (non-hydrogen) atoms. The first kappa shape index (κ1) is 13.0. The zero-order chi connectivity index (χ0) is 14.7. The van der Waals surface area contributed by atoms with Crippen LogP contribution in [0, 0.1) is 0 Å². The van der Waals surface area contributed by atoms with Crippen molar-refractivity contribution >= 4 is 11.9 Å². The molecule has 0 atom stereocenters. The zero-order valence-corrected chi connectivity index (χ0v) is 11.2. The van der Waals surface area contributed by atoms with Gasteiger partial charge < -0.3 is 9.05 Å². The molecular formula is C14H12N4O3. The fourth-order valence-corrected chi connectivity index (χ4v) is 1.73. The van der Waals surface area contributed by atoms with Gasteiger partial charge in [-0.25, -0.2) is 0 Å². The number of anilines is 1. The third-order valence-electron chi connectivity index (χ3n) is 2.81. The topological polar surface area (TPSA) is 94.1 Å². The average Bonchev–Trinajstić information content (AvgIpc) is 3.17. The van der Waals surface area contributed by atoms with Crippen LogP contribution in [0.5, 0.6) is 0 Å². The average molecular weight is 284 g/mol. The van der Waals surface area contributed by atoms with E-state index in [1.807, 2.05) is 37.3 Å². The molecule has 7 nitrogen and oxygen atoms in total. The van der Waals surface area contributed by atoms with Crippen LogP contribution >= 0.6 is 0 Å². The number of nitrogens with zero attached hydrogens (tertiary/aromatic N) is 3. The van der Waals surface area contributed by atoms with Gasteiger partial charge in [-0.15, -0.1) is 0 Å². The highest BCUT2D eigenvalue weighted by Crippen LogP contribution is 2.19. The highest BCUT2D eigenvalue weighted by Gasteiger charge is 2.16. The number of aryl methyl sites for hydroxylation is 1. The molecule has 0 spiro atoms. The molecule has 7 heteroatoms. The molecule has 0 aliphatic heterocycles. The summed E-state index contributed by atoms with van der Waals surface area (Å²) in [5.41, 5.74) is 1.45. The Bertz CT molecular complexity index is 748. The van der Waals surface area contributed by atoms with Crippen LogP contribution in [0.4, 0.5) is 6.01 Å². The highest BCUT2D eigenvalue weighted by molar-refractivity contribution is 6.01. The van der Waals surface area contributed by atoms with E-state index in [1.54, 1.807) is 6.07 Å². The molecule has 0 aliphatic carbocycles. The smallest absolute Gasteiger partial charge is 0.328 e. The van der Waals surface area contributed by atoms with Crippen molar-refractivity contribution in [3.05, 3.63) is 48.0 Å². The quantitative estimate of drug-likeness (QED) is 0.791. The molecule has 3 rings (SSSR count). The maximum Gasteiger partial charge on any atom is 0.328 e. The Morgan fingerprint density at radius 2 is 2.00 bits per heavy atom. The predicted molar refractivity (Wildman–Crippen MR) is 73.6 cm³/mol. The predicted octanol–water partition coefficient (Wildman–Crippen LogP) is 2.54. The van der Waals surface area contributed by atoms with Crippen LogP contribution in [0.2, 0.25) is 0 Å². The lowest BCUT2D eigenvalue weighted by Crippen LogP contribution is -2.11. The summed E-state index contributed by atoms with van der Waals surface area (Å²) in [5, 5.41) is 10.0. The van der Waals surface area contributed by atoms with Crippen LogP contribution in [-0.4, -0.2) is 21.2 Å². The summed E-state index contributed by atoms with van der Waals surface area (Å²) in [5.74, 6) is 0.105. The number of carbonyl (C=O) groups excluding carboxylic acids is 1. The van der Waals surface area contributed by atoms with E-state index in [1.165, 1.54) is 0 Å². The molecule has 0 saturated heterocycles. The van der Waals surface area contributed by atoms with Gasteiger partial charge in [0.1, 0.15) is 5.69 Å². The number of hydrogen-bond acceptors (Lipinski definition) is 6. The van der Waals surface area contributed by atoms with Gasteiger partial charge in [0, 0.05) is 18.1 Å². The Hall–Kier alpha value is -2.96. The Morgan fingerprint density at radius 1 is 1.19 bits per heavy atom. The zero-order valence-electron chi connectivity index (χ0n) is 11.2. The SMILES string of the molecule is CCc1noc(NC(=O)c2cc(-c3ccccc3)no2)n1. The second kappa shape index (κ2) is 5.58. The van der Waals surface area contributed by atoms with Gasteiger partial charge in [0.2, 0.25) is 5.76 Å². The fourth-order valence-electron chi connectivity index (χ4n) is 1.73. The monoisotopic (exact) mass is 284 g/mol. The van der Waals surface area contributed by atoms with Crippen molar-refractivity contribution in [2.45, 2.75) is 13.3 Å². The van der Waals surface area contributed by atoms with Crippen molar-refractivity contribution in [2.24, 2.45) is 0 Å². The van der Waals surface area contributed by atoms with E-state index in [4.69, 9.17) is 9.05 Å². The first-order valence-corrected chi connectivity index (χ1v) is 6.42. The number of aromatic nitrogens is 3. The summed E-state index contributed by atoms with van der Waals surface area (Å²) in [4.78, 5) is 16.0. The van der Waals surface area contributed by atoms with E-state index >= 15 is 0 Å². The van der Waals surface area contributed by atoms with Gasteiger partial charge in [-0.3, -0.25) is 10.1 Å². The molecule has 0 fully saturated rings. The van der Waals surface area contributed by atoms with Gasteiger partial charge in [-0.1, -0.05) is 47.6 Å². The van der Waals surface area contributed by atoms with E-state index in [-0.39, 0.29) is 11.8 Å². The lowest BCUT2D eigenvalue weighted by molar-refractivity contribution is 0.0984. The lowest BCUT2D eigenvalue weighted by Gasteiger charge is -1.93. The summed E-state index contributed by atoms with van der Waals surface area (Å²) >= 11 is 0. The van der Waals surface area contributed by atoms with Gasteiger partial charge >= 0.3 is 6.01 Å². The summed E-state index contributed by atoms with van der Waals surface area (Å²) in [6.07, 6.45) is 0.625. The third-order valence-corrected chi connectivity index (χ3v) is 2.81. The first-order valence-electron chi connectivity index (χ1n) is 6.42. The van der Waals surface area contributed by atoms with Gasteiger partial charge in [0.25, 0.3) is 5.91 Å². The molecule has 2 heterocycles. The molecule has 1 aromatic carbocycles. The molecule has 0 unspecified atom stereocenters. The van der Waals surface area contributed by atoms with Crippen LogP contribution < -0.4 is 5.32 Å². The molecule has 0 radical (unpaired) electrons. The number of nitrogens with one attached hydrogen (secondary N) is 1. The summed E-state index contributed by atoms with van der Waals surface area (Å²) in [7, 11) is 0. The fraction of sp³-hybridized carbons (Fsp3) is 0.143. The van der Waals surface area contributed by atoms with E-state index in [0.29, 0.717) is 17.9 Å². The normalized spacial score (nSPS) is 10.5. The Labute approximate surface area is 120 Å². The molecule has 0 bridgehead atoms. The van der Waals surface area contributed by atoms with Crippen LogP contribution in [-0.2, 0) is 6.42 Å². The molecule has 0 saturated carbocycles. The van der Waals surface area contributed by atoms with Crippen LogP contribution in [0.25, 0.3) is 11.3 Å². The molecule has 1 amide bonds. The van der Waals surface area contributed by atoms with Gasteiger partial charge in [-0.05, 0) is 0 Å². The van der Waals surface area contributed by atoms with Gasteiger partial charge in [0.05, 0.1) is 0 Å². The minimum Gasteiger partial charge on any atom is -0.350 e. The molecule has 2 aromatic heterocycles. The largest absolute Gasteiger partial charge is 0.350 e. The number of amides is 1. The Morgan fingerprint density at radius 3 is 2.71 bits per heavy atom. The first-order chi connectivity index (χ1) is 10.3. The van der Waals surface area contributed by atoms with Crippen molar-refractivity contribution in [1.82, 2.24) is 15.3 Å². The molecule has 3 aromatic rings. The van der Waals surface area contributed by atoms with Crippen LogP contribution in [0.3, 0.4) is 0 Å². The van der Waals surface area contributed by atoms with Crippen molar-refractivity contribution in [3.8, 4) is 11.3 Å². The third kappa shape index (κ3) is 2.81. The maximum absolute atomic E-state index is 12.0. The standard InChI is InChI=1S/C14H12N4O3/c1-2-12-15-14(21-18-12)16-13(19)11-8-10(17-20-11)9-6-4-3-5-7-9/h3-8H,2H2,1H3,(H,15,16,18,19). The second-order valence-electron chi connectivity index (χ2n) is 4.27. The molecule has 1 N–H and O–H groups in total. The lowest BCUT2D eigenvalue weighted by atomic mass is 10.1.